The van der Waals surface area contributed by atoms with Gasteiger partial charge in [0.15, 0.2) is 0 Å². The fourth-order valence-corrected chi connectivity index (χ4v) is 3.40. The van der Waals surface area contributed by atoms with Crippen molar-refractivity contribution in [2.45, 2.75) is 38.2 Å². The van der Waals surface area contributed by atoms with E-state index in [0.717, 1.165) is 37.1 Å². The number of nitrogens with one attached hydrogen (secondary N) is 1. The number of para-hydroxylation sites is 1. The standard InChI is InChI=1S/C23H26F3N3O4/c24-23(25,26)33-18-6-3-5-16(12-18)21(30)28-20-7-2-1-4-17(20)14-29(13-15-8-9-15)11-10-19(27)22(31)32/h1-7,12,15,19H,8-11,13-14,27H2,(H,28,30)(H,31,32)/t19-/m0/s1. The minimum atomic E-state index is -4.85. The minimum absolute atomic E-state index is 0.0221. The fraction of sp³-hybridized carbons (Fsp3) is 0.391. The Morgan fingerprint density at radius 1 is 1.18 bits per heavy atom. The molecule has 0 aromatic heterocycles. The number of benzene rings is 2. The van der Waals surface area contributed by atoms with Gasteiger partial charge in [0.05, 0.1) is 0 Å². The third kappa shape index (κ3) is 8.07. The van der Waals surface area contributed by atoms with E-state index in [1.807, 2.05) is 12.1 Å². The first-order valence-corrected chi connectivity index (χ1v) is 10.6. The number of ether oxygens (including phenoxy) is 1. The predicted octanol–water partition coefficient (Wildman–Crippen LogP) is 3.85. The summed E-state index contributed by atoms with van der Waals surface area (Å²) >= 11 is 0. The first kappa shape index (κ1) is 24.5. The monoisotopic (exact) mass is 465 g/mol. The smallest absolute Gasteiger partial charge is 0.480 e. The van der Waals surface area contributed by atoms with Crippen LogP contribution in [0.4, 0.5) is 18.9 Å². The number of halogens is 3. The summed E-state index contributed by atoms with van der Waals surface area (Å²) in [6.45, 7) is 1.75. The lowest BCUT2D eigenvalue weighted by molar-refractivity contribution is -0.274. The molecule has 0 saturated heterocycles. The number of carbonyl (C=O) groups excluding carboxylic acids is 1. The first-order valence-electron chi connectivity index (χ1n) is 10.6. The van der Waals surface area contributed by atoms with Crippen LogP contribution in [0.2, 0.25) is 0 Å². The lowest BCUT2D eigenvalue weighted by Crippen LogP contribution is -2.36. The molecule has 1 amide bonds. The van der Waals surface area contributed by atoms with Crippen LogP contribution in [0.25, 0.3) is 0 Å². The number of amides is 1. The van der Waals surface area contributed by atoms with Gasteiger partial charge in [-0.3, -0.25) is 14.5 Å². The molecule has 0 spiro atoms. The number of nitrogens with zero attached hydrogens (tertiary/aromatic N) is 1. The van der Waals surface area contributed by atoms with Gasteiger partial charge < -0.3 is 20.9 Å². The number of nitrogens with two attached hydrogens (primary N) is 1. The van der Waals surface area contributed by atoms with Crippen LogP contribution >= 0.6 is 0 Å². The van der Waals surface area contributed by atoms with E-state index in [1.165, 1.54) is 12.1 Å². The van der Waals surface area contributed by atoms with Gasteiger partial charge in [-0.1, -0.05) is 24.3 Å². The Labute approximate surface area is 189 Å². The lowest BCUT2D eigenvalue weighted by atomic mass is 10.1. The number of carbonyl (C=O) groups is 2. The number of anilines is 1. The van der Waals surface area contributed by atoms with Crippen LogP contribution in [0.3, 0.4) is 0 Å². The summed E-state index contributed by atoms with van der Waals surface area (Å²) in [4.78, 5) is 25.9. The molecule has 1 fully saturated rings. The molecule has 0 bridgehead atoms. The van der Waals surface area contributed by atoms with Crippen molar-refractivity contribution in [3.63, 3.8) is 0 Å². The maximum atomic E-state index is 12.7. The average molecular weight is 465 g/mol. The Morgan fingerprint density at radius 2 is 1.91 bits per heavy atom. The number of hydrogen-bond acceptors (Lipinski definition) is 5. The molecule has 0 aliphatic heterocycles. The summed E-state index contributed by atoms with van der Waals surface area (Å²) in [5.74, 6) is -1.54. The third-order valence-corrected chi connectivity index (χ3v) is 5.28. The highest BCUT2D eigenvalue weighted by Gasteiger charge is 2.31. The largest absolute Gasteiger partial charge is 0.573 e. The number of aliphatic carboxylic acids is 1. The number of rotatable bonds is 11. The van der Waals surface area contributed by atoms with Gasteiger partial charge in [-0.05, 0) is 55.0 Å². The molecule has 7 nitrogen and oxygen atoms in total. The molecule has 10 heteroatoms. The van der Waals surface area contributed by atoms with Gasteiger partial charge in [0.25, 0.3) is 5.91 Å². The number of carboxylic acid groups (broad SMARTS) is 1. The average Bonchev–Trinajstić information content (AvgIpc) is 3.56. The quantitative estimate of drug-likeness (QED) is 0.466. The summed E-state index contributed by atoms with van der Waals surface area (Å²) < 4.78 is 41.3. The molecule has 0 radical (unpaired) electrons. The topological polar surface area (TPSA) is 105 Å². The normalized spacial score (nSPS) is 14.7. The van der Waals surface area contributed by atoms with Crippen molar-refractivity contribution in [1.29, 1.82) is 0 Å². The Balaban J connectivity index is 1.70. The van der Waals surface area contributed by atoms with Gasteiger partial charge in [-0.15, -0.1) is 13.2 Å². The van der Waals surface area contributed by atoms with E-state index in [4.69, 9.17) is 10.8 Å². The van der Waals surface area contributed by atoms with Gasteiger partial charge in [0.1, 0.15) is 11.8 Å². The van der Waals surface area contributed by atoms with Crippen molar-refractivity contribution in [2.75, 3.05) is 18.4 Å². The molecule has 3 rings (SSSR count). The van der Waals surface area contributed by atoms with E-state index in [-0.39, 0.29) is 5.56 Å². The van der Waals surface area contributed by atoms with Crippen LogP contribution in [0, 0.1) is 5.92 Å². The summed E-state index contributed by atoms with van der Waals surface area (Å²) in [6.07, 6.45) is -2.31. The van der Waals surface area contributed by atoms with Crippen molar-refractivity contribution in [3.8, 4) is 5.75 Å². The molecule has 178 valence electrons. The summed E-state index contributed by atoms with van der Waals surface area (Å²) in [5.41, 5.74) is 7.00. The number of alkyl halides is 3. The van der Waals surface area contributed by atoms with E-state index in [0.29, 0.717) is 31.1 Å². The van der Waals surface area contributed by atoms with Crippen molar-refractivity contribution in [1.82, 2.24) is 4.90 Å². The summed E-state index contributed by atoms with van der Waals surface area (Å²) in [5, 5.41) is 11.8. The summed E-state index contributed by atoms with van der Waals surface area (Å²) in [6, 6.07) is 11.0. The second kappa shape index (κ2) is 10.7. The van der Waals surface area contributed by atoms with Crippen LogP contribution < -0.4 is 15.8 Å². The highest BCUT2D eigenvalue weighted by molar-refractivity contribution is 6.04. The number of hydrogen-bond donors (Lipinski definition) is 3. The second-order valence-corrected chi connectivity index (χ2v) is 8.10. The highest BCUT2D eigenvalue weighted by atomic mass is 19.4. The van der Waals surface area contributed by atoms with Crippen LogP contribution in [0.5, 0.6) is 5.75 Å². The molecule has 2 aromatic carbocycles. The van der Waals surface area contributed by atoms with Crippen molar-refractivity contribution in [2.24, 2.45) is 11.7 Å². The molecule has 1 atom stereocenters. The lowest BCUT2D eigenvalue weighted by Gasteiger charge is -2.24. The number of carboxylic acids is 1. The van der Waals surface area contributed by atoms with E-state index >= 15 is 0 Å². The highest BCUT2D eigenvalue weighted by Crippen LogP contribution is 2.31. The van der Waals surface area contributed by atoms with Crippen LogP contribution in [-0.2, 0) is 11.3 Å². The SMILES string of the molecule is N[C@@H](CCN(Cc1ccccc1NC(=O)c1cccc(OC(F)(F)F)c1)CC1CC1)C(=O)O. The minimum Gasteiger partial charge on any atom is -0.480 e. The second-order valence-electron chi connectivity index (χ2n) is 8.10. The molecule has 1 saturated carbocycles. The van der Waals surface area contributed by atoms with Gasteiger partial charge >= 0.3 is 12.3 Å². The van der Waals surface area contributed by atoms with E-state index in [1.54, 1.807) is 12.1 Å². The third-order valence-electron chi connectivity index (χ3n) is 5.28. The zero-order chi connectivity index (χ0) is 24.0. The van der Waals surface area contributed by atoms with Crippen LogP contribution in [0.15, 0.2) is 48.5 Å². The van der Waals surface area contributed by atoms with Gasteiger partial charge in [0, 0.05) is 30.9 Å². The van der Waals surface area contributed by atoms with Crippen molar-refractivity contribution < 1.29 is 32.6 Å². The van der Waals surface area contributed by atoms with Crippen molar-refractivity contribution >= 4 is 17.6 Å². The van der Waals surface area contributed by atoms with Gasteiger partial charge in [-0.2, -0.15) is 0 Å². The van der Waals surface area contributed by atoms with E-state index in [2.05, 4.69) is 15.0 Å². The molecular formula is C23H26F3N3O4. The maximum Gasteiger partial charge on any atom is 0.573 e. The fourth-order valence-electron chi connectivity index (χ4n) is 3.40. The van der Waals surface area contributed by atoms with Crippen LogP contribution in [0.1, 0.15) is 35.2 Å². The van der Waals surface area contributed by atoms with E-state index in [9.17, 15) is 22.8 Å². The molecule has 1 aliphatic rings. The Bertz CT molecular complexity index is 979. The first-order chi connectivity index (χ1) is 15.6. The van der Waals surface area contributed by atoms with Crippen molar-refractivity contribution in [3.05, 3.63) is 59.7 Å². The van der Waals surface area contributed by atoms with Gasteiger partial charge in [0.2, 0.25) is 0 Å². The van der Waals surface area contributed by atoms with Crippen LogP contribution in [-0.4, -0.2) is 47.4 Å². The van der Waals surface area contributed by atoms with Gasteiger partial charge in [-0.25, -0.2) is 0 Å². The summed E-state index contributed by atoms with van der Waals surface area (Å²) in [7, 11) is 0. The molecule has 4 N–H and O–H groups in total. The Morgan fingerprint density at radius 3 is 2.58 bits per heavy atom. The maximum absolute atomic E-state index is 12.7. The molecule has 2 aromatic rings. The molecule has 0 unspecified atom stereocenters. The Hall–Kier alpha value is -3.11. The predicted molar refractivity (Wildman–Crippen MR) is 116 cm³/mol. The zero-order valence-corrected chi connectivity index (χ0v) is 17.8. The Kier molecular flexibility index (Phi) is 7.93. The molecule has 0 heterocycles. The molecular weight excluding hydrogens is 439 g/mol. The molecule has 1 aliphatic carbocycles. The zero-order valence-electron chi connectivity index (χ0n) is 17.8. The molecule has 33 heavy (non-hydrogen) atoms. The van der Waals surface area contributed by atoms with E-state index < -0.39 is 30.0 Å².